The average Bonchev–Trinajstić information content (AvgIpc) is 3.06. The van der Waals surface area contributed by atoms with E-state index in [2.05, 4.69) is 30.6 Å². The first-order chi connectivity index (χ1) is 13.7. The van der Waals surface area contributed by atoms with Crippen LogP contribution in [0.25, 0.3) is 22.3 Å². The molecule has 3 aromatic heterocycles. The highest BCUT2D eigenvalue weighted by Gasteiger charge is 2.31. The number of alkyl halides is 3. The van der Waals surface area contributed by atoms with Crippen LogP contribution < -0.4 is 10.6 Å². The summed E-state index contributed by atoms with van der Waals surface area (Å²) in [4.78, 5) is 28.1. The number of halogens is 4. The van der Waals surface area contributed by atoms with E-state index in [9.17, 15) is 18.0 Å². The van der Waals surface area contributed by atoms with Gasteiger partial charge in [-0.25, -0.2) is 9.97 Å². The van der Waals surface area contributed by atoms with Crippen LogP contribution in [0.3, 0.4) is 0 Å². The molecule has 0 spiro atoms. The van der Waals surface area contributed by atoms with E-state index in [0.29, 0.717) is 27.3 Å². The number of fused-ring (bicyclic) bond motifs is 1. The Morgan fingerprint density at radius 1 is 1.31 bits per heavy atom. The second-order valence-electron chi connectivity index (χ2n) is 6.72. The van der Waals surface area contributed by atoms with Gasteiger partial charge in [0.25, 0.3) is 0 Å². The first kappa shape index (κ1) is 21.0. The number of nitrogens with one attached hydrogen (secondary N) is 3. The van der Waals surface area contributed by atoms with Crippen molar-refractivity contribution in [3.63, 3.8) is 0 Å². The molecule has 0 unspecified atom stereocenters. The number of anilines is 1. The Kier molecular flexibility index (Phi) is 6.04. The molecule has 3 heterocycles. The van der Waals surface area contributed by atoms with Crippen molar-refractivity contribution < 1.29 is 18.0 Å². The molecule has 0 fully saturated rings. The molecule has 11 heteroatoms. The summed E-state index contributed by atoms with van der Waals surface area (Å²) < 4.78 is 37.5. The van der Waals surface area contributed by atoms with E-state index in [1.807, 2.05) is 0 Å². The molecule has 154 valence electrons. The molecular weight excluding hydrogens is 409 g/mol. The smallest absolute Gasteiger partial charge is 0.345 e. The van der Waals surface area contributed by atoms with Crippen LogP contribution in [-0.4, -0.2) is 44.6 Å². The summed E-state index contributed by atoms with van der Waals surface area (Å²) in [5.41, 5.74) is 1.63. The van der Waals surface area contributed by atoms with Gasteiger partial charge in [0.05, 0.1) is 35.7 Å². The Morgan fingerprint density at radius 2 is 2.07 bits per heavy atom. The maximum absolute atomic E-state index is 12.5. The SMILES string of the molecule is CC(C)[C@@H](NCC(F)(F)F)C(=O)Nc1cncc(-c2c[nH]c3nccc(Cl)c23)n1. The van der Waals surface area contributed by atoms with Crippen molar-refractivity contribution in [1.82, 2.24) is 25.3 Å². The lowest BCUT2D eigenvalue weighted by Gasteiger charge is -2.22. The molecule has 1 amide bonds. The van der Waals surface area contributed by atoms with E-state index < -0.39 is 24.7 Å². The minimum absolute atomic E-state index is 0.112. The summed E-state index contributed by atoms with van der Waals surface area (Å²) >= 11 is 6.25. The summed E-state index contributed by atoms with van der Waals surface area (Å²) in [7, 11) is 0. The van der Waals surface area contributed by atoms with Gasteiger partial charge in [0, 0.05) is 23.3 Å². The fourth-order valence-corrected chi connectivity index (χ4v) is 3.08. The molecule has 0 saturated heterocycles. The molecule has 3 N–H and O–H groups in total. The summed E-state index contributed by atoms with van der Waals surface area (Å²) in [6.45, 7) is 2.03. The molecule has 0 aliphatic rings. The Hall–Kier alpha value is -2.72. The van der Waals surface area contributed by atoms with Gasteiger partial charge in [0.1, 0.15) is 5.65 Å². The Labute approximate surface area is 169 Å². The summed E-state index contributed by atoms with van der Waals surface area (Å²) in [6, 6.07) is 0.591. The van der Waals surface area contributed by atoms with Crippen LogP contribution in [-0.2, 0) is 4.79 Å². The predicted molar refractivity (Wildman–Crippen MR) is 103 cm³/mol. The third-order valence-electron chi connectivity index (χ3n) is 4.16. The molecule has 0 aliphatic carbocycles. The minimum Gasteiger partial charge on any atom is -0.345 e. The number of aromatic nitrogens is 4. The third-order valence-corrected chi connectivity index (χ3v) is 4.47. The van der Waals surface area contributed by atoms with Crippen LogP contribution in [0.1, 0.15) is 13.8 Å². The van der Waals surface area contributed by atoms with Gasteiger partial charge >= 0.3 is 6.18 Å². The van der Waals surface area contributed by atoms with Crippen LogP contribution in [0.5, 0.6) is 0 Å². The zero-order valence-electron chi connectivity index (χ0n) is 15.5. The van der Waals surface area contributed by atoms with E-state index in [4.69, 9.17) is 11.6 Å². The summed E-state index contributed by atoms with van der Waals surface area (Å²) in [5.74, 6) is -0.886. The topological polar surface area (TPSA) is 95.6 Å². The van der Waals surface area contributed by atoms with Crippen molar-refractivity contribution in [2.75, 3.05) is 11.9 Å². The lowest BCUT2D eigenvalue weighted by molar-refractivity contribution is -0.131. The van der Waals surface area contributed by atoms with Crippen molar-refractivity contribution in [2.24, 2.45) is 5.92 Å². The highest BCUT2D eigenvalue weighted by molar-refractivity contribution is 6.36. The number of H-pyrrole nitrogens is 1. The number of rotatable bonds is 6. The number of amides is 1. The lowest BCUT2D eigenvalue weighted by atomic mass is 10.0. The van der Waals surface area contributed by atoms with Crippen molar-refractivity contribution >= 4 is 34.4 Å². The van der Waals surface area contributed by atoms with Gasteiger partial charge in [-0.05, 0) is 12.0 Å². The summed E-state index contributed by atoms with van der Waals surface area (Å²) in [5, 5.41) is 5.88. The molecule has 29 heavy (non-hydrogen) atoms. The van der Waals surface area contributed by atoms with Gasteiger partial charge in [0.2, 0.25) is 5.91 Å². The quantitative estimate of drug-likeness (QED) is 0.557. The van der Waals surface area contributed by atoms with Gasteiger partial charge < -0.3 is 10.3 Å². The molecule has 0 aromatic carbocycles. The maximum atomic E-state index is 12.5. The van der Waals surface area contributed by atoms with Crippen molar-refractivity contribution in [2.45, 2.75) is 26.1 Å². The summed E-state index contributed by atoms with van der Waals surface area (Å²) in [6.07, 6.45) is 1.62. The first-order valence-electron chi connectivity index (χ1n) is 8.70. The molecule has 3 rings (SSSR count). The second kappa shape index (κ2) is 8.34. The third kappa shape index (κ3) is 5.01. The van der Waals surface area contributed by atoms with E-state index in [1.165, 1.54) is 12.4 Å². The van der Waals surface area contributed by atoms with Gasteiger partial charge in [-0.2, -0.15) is 13.2 Å². The highest BCUT2D eigenvalue weighted by atomic mass is 35.5. The molecule has 0 bridgehead atoms. The highest BCUT2D eigenvalue weighted by Crippen LogP contribution is 2.31. The number of nitrogens with zero attached hydrogens (tertiary/aromatic N) is 3. The zero-order chi connectivity index (χ0) is 21.2. The zero-order valence-corrected chi connectivity index (χ0v) is 16.3. The average molecular weight is 427 g/mol. The predicted octanol–water partition coefficient (Wildman–Crippen LogP) is 3.79. The van der Waals surface area contributed by atoms with E-state index in [0.717, 1.165) is 0 Å². The minimum atomic E-state index is -4.42. The molecule has 0 radical (unpaired) electrons. The van der Waals surface area contributed by atoms with Crippen molar-refractivity contribution in [3.8, 4) is 11.3 Å². The first-order valence-corrected chi connectivity index (χ1v) is 9.08. The van der Waals surface area contributed by atoms with Crippen molar-refractivity contribution in [3.05, 3.63) is 35.9 Å². The van der Waals surface area contributed by atoms with Crippen LogP contribution in [0.2, 0.25) is 5.02 Å². The van der Waals surface area contributed by atoms with Crippen LogP contribution >= 0.6 is 11.6 Å². The van der Waals surface area contributed by atoms with Crippen molar-refractivity contribution in [1.29, 1.82) is 0 Å². The Balaban J connectivity index is 1.83. The van der Waals surface area contributed by atoms with Gasteiger partial charge in [-0.3, -0.25) is 15.1 Å². The van der Waals surface area contributed by atoms with Crippen LogP contribution in [0, 0.1) is 5.92 Å². The van der Waals surface area contributed by atoms with Crippen LogP contribution in [0.4, 0.5) is 19.0 Å². The molecule has 0 aliphatic heterocycles. The van der Waals surface area contributed by atoms with Gasteiger partial charge in [-0.15, -0.1) is 0 Å². The molecule has 1 atom stereocenters. The fourth-order valence-electron chi connectivity index (χ4n) is 2.84. The van der Waals surface area contributed by atoms with Gasteiger partial charge in [-0.1, -0.05) is 25.4 Å². The van der Waals surface area contributed by atoms with E-state index in [1.54, 1.807) is 32.3 Å². The number of pyridine rings is 1. The Morgan fingerprint density at radius 3 is 2.76 bits per heavy atom. The fraction of sp³-hybridized carbons (Fsp3) is 0.333. The molecule has 0 saturated carbocycles. The van der Waals surface area contributed by atoms with Gasteiger partial charge in [0.15, 0.2) is 5.82 Å². The molecule has 3 aromatic rings. The van der Waals surface area contributed by atoms with E-state index >= 15 is 0 Å². The number of carbonyl (C=O) groups excluding carboxylic acids is 1. The standard InChI is InChI=1S/C18H18ClF3N6O/c1-9(2)15(26-8-18(20,21)22)17(29)28-13-7-23-6-12(27-13)10-5-25-16-14(10)11(19)3-4-24-16/h3-7,9,15,26H,8H2,1-2H3,(H,24,25)(H,27,28,29)/t15-/m1/s1. The molecule has 7 nitrogen and oxygen atoms in total. The number of hydrogen-bond acceptors (Lipinski definition) is 5. The number of aromatic amines is 1. The normalized spacial score (nSPS) is 13.1. The van der Waals surface area contributed by atoms with E-state index in [-0.39, 0.29) is 11.7 Å². The number of carbonyl (C=O) groups is 1. The lowest BCUT2D eigenvalue weighted by Crippen LogP contribution is -2.47. The monoisotopic (exact) mass is 426 g/mol. The molecular formula is C18H18ClF3N6O. The maximum Gasteiger partial charge on any atom is 0.401 e. The number of hydrogen-bond donors (Lipinski definition) is 3. The Bertz CT molecular complexity index is 1020. The second-order valence-corrected chi connectivity index (χ2v) is 7.12. The van der Waals surface area contributed by atoms with Crippen LogP contribution in [0.15, 0.2) is 30.9 Å². The largest absolute Gasteiger partial charge is 0.401 e.